The average molecular weight is 331 g/mol. The average Bonchev–Trinajstić information content (AvgIpc) is 2.40. The Morgan fingerprint density at radius 1 is 1.24 bits per heavy atom. The van der Waals surface area contributed by atoms with E-state index >= 15 is 0 Å². The lowest BCUT2D eigenvalue weighted by Gasteiger charge is -2.33. The molecule has 0 aliphatic carbocycles. The Labute approximate surface area is 137 Å². The summed E-state index contributed by atoms with van der Waals surface area (Å²) in [4.78, 5) is 6.39. The highest BCUT2D eigenvalue weighted by Crippen LogP contribution is 2.20. The van der Waals surface area contributed by atoms with E-state index in [0.29, 0.717) is 16.6 Å². The van der Waals surface area contributed by atoms with E-state index in [0.717, 1.165) is 18.1 Å². The van der Waals surface area contributed by atoms with Crippen molar-refractivity contribution in [3.8, 4) is 0 Å². The van der Waals surface area contributed by atoms with E-state index in [2.05, 4.69) is 48.5 Å². The van der Waals surface area contributed by atoms with Crippen molar-refractivity contribution in [3.63, 3.8) is 0 Å². The van der Waals surface area contributed by atoms with E-state index in [9.17, 15) is 0 Å². The summed E-state index contributed by atoms with van der Waals surface area (Å²) < 4.78 is 0. The van der Waals surface area contributed by atoms with Gasteiger partial charge in [0.05, 0.1) is 0 Å². The van der Waals surface area contributed by atoms with E-state index in [1.165, 1.54) is 0 Å². The van der Waals surface area contributed by atoms with E-state index < -0.39 is 0 Å². The second-order valence-corrected chi connectivity index (χ2v) is 6.57. The molecule has 1 rings (SSSR count). The molecule has 21 heavy (non-hydrogen) atoms. The van der Waals surface area contributed by atoms with Crippen molar-refractivity contribution in [2.75, 3.05) is 27.7 Å². The molecule has 6 heteroatoms. The van der Waals surface area contributed by atoms with Crippen LogP contribution >= 0.6 is 23.2 Å². The number of likely N-dealkylation sites (N-methyl/N-ethyl adjacent to an activating group) is 1. The van der Waals surface area contributed by atoms with Gasteiger partial charge >= 0.3 is 0 Å². The van der Waals surface area contributed by atoms with Gasteiger partial charge in [0.2, 0.25) is 0 Å². The van der Waals surface area contributed by atoms with Gasteiger partial charge in [0.1, 0.15) is 0 Å². The Bertz CT molecular complexity index is 498. The molecule has 0 atom stereocenters. The smallest absolute Gasteiger partial charge is 0.191 e. The van der Waals surface area contributed by atoms with Crippen molar-refractivity contribution in [2.45, 2.75) is 25.9 Å². The second kappa shape index (κ2) is 7.87. The summed E-state index contributed by atoms with van der Waals surface area (Å²) in [6.07, 6.45) is 0. The van der Waals surface area contributed by atoms with Crippen molar-refractivity contribution in [2.24, 2.45) is 4.99 Å². The molecule has 0 aromatic heterocycles. The van der Waals surface area contributed by atoms with Crippen LogP contribution in [0.1, 0.15) is 19.4 Å². The second-order valence-electron chi connectivity index (χ2n) is 5.72. The Kier molecular flexibility index (Phi) is 6.78. The van der Waals surface area contributed by atoms with E-state index in [1.807, 2.05) is 12.1 Å². The number of aliphatic imine (C=N–C) groups is 1. The van der Waals surface area contributed by atoms with Crippen molar-refractivity contribution in [1.82, 2.24) is 15.5 Å². The summed E-state index contributed by atoms with van der Waals surface area (Å²) in [5, 5.41) is 7.86. The van der Waals surface area contributed by atoms with Gasteiger partial charge in [-0.1, -0.05) is 29.3 Å². The molecular weight excluding hydrogens is 307 g/mol. The number of benzene rings is 1. The van der Waals surface area contributed by atoms with Crippen LogP contribution in [0.15, 0.2) is 23.2 Å². The fraction of sp³-hybridized carbons (Fsp3) is 0.533. The van der Waals surface area contributed by atoms with E-state index in [1.54, 1.807) is 13.1 Å². The van der Waals surface area contributed by atoms with Gasteiger partial charge in [0, 0.05) is 35.7 Å². The van der Waals surface area contributed by atoms with Gasteiger partial charge in [-0.25, -0.2) is 0 Å². The summed E-state index contributed by atoms with van der Waals surface area (Å²) in [7, 11) is 5.87. The molecular formula is C15H24Cl2N4. The molecule has 0 radical (unpaired) electrons. The Morgan fingerprint density at radius 2 is 1.90 bits per heavy atom. The van der Waals surface area contributed by atoms with Crippen LogP contribution < -0.4 is 10.6 Å². The third-order valence-corrected chi connectivity index (χ3v) is 4.17. The minimum absolute atomic E-state index is 0.0372. The summed E-state index contributed by atoms with van der Waals surface area (Å²) in [5.41, 5.74) is 1.02. The van der Waals surface area contributed by atoms with Crippen LogP contribution in [-0.4, -0.2) is 44.1 Å². The van der Waals surface area contributed by atoms with Gasteiger partial charge in [0.25, 0.3) is 0 Å². The maximum atomic E-state index is 6.16. The van der Waals surface area contributed by atoms with Crippen LogP contribution in [0.2, 0.25) is 10.0 Å². The molecule has 0 aliphatic heterocycles. The van der Waals surface area contributed by atoms with E-state index in [4.69, 9.17) is 23.2 Å². The molecule has 0 bridgehead atoms. The normalized spacial score (nSPS) is 12.7. The first-order valence-corrected chi connectivity index (χ1v) is 7.57. The molecule has 0 fully saturated rings. The van der Waals surface area contributed by atoms with Crippen molar-refractivity contribution < 1.29 is 0 Å². The maximum Gasteiger partial charge on any atom is 0.191 e. The zero-order chi connectivity index (χ0) is 16.0. The van der Waals surface area contributed by atoms with Crippen LogP contribution in [0.3, 0.4) is 0 Å². The predicted molar refractivity (Wildman–Crippen MR) is 92.4 cm³/mol. The number of rotatable bonds is 5. The zero-order valence-corrected chi connectivity index (χ0v) is 14.8. The SMILES string of the molecule is CN=C(NCc1ccc(Cl)cc1Cl)NCC(C)(C)N(C)C. The molecule has 0 aliphatic rings. The van der Waals surface area contributed by atoms with Crippen LogP contribution in [0.5, 0.6) is 0 Å². The van der Waals surface area contributed by atoms with Crippen molar-refractivity contribution >= 4 is 29.2 Å². The molecule has 0 heterocycles. The van der Waals surface area contributed by atoms with Crippen molar-refractivity contribution in [3.05, 3.63) is 33.8 Å². The molecule has 1 aromatic carbocycles. The van der Waals surface area contributed by atoms with Gasteiger partial charge in [0.15, 0.2) is 5.96 Å². The number of guanidine groups is 1. The number of halogens is 2. The molecule has 1 aromatic rings. The Hall–Kier alpha value is -0.970. The zero-order valence-electron chi connectivity index (χ0n) is 13.3. The first kappa shape index (κ1) is 18.1. The van der Waals surface area contributed by atoms with Gasteiger partial charge in [-0.15, -0.1) is 0 Å². The first-order chi connectivity index (χ1) is 9.76. The monoisotopic (exact) mass is 330 g/mol. The van der Waals surface area contributed by atoms with Gasteiger partial charge < -0.3 is 15.5 Å². The fourth-order valence-electron chi connectivity index (χ4n) is 1.52. The lowest BCUT2D eigenvalue weighted by atomic mass is 10.0. The van der Waals surface area contributed by atoms with Gasteiger partial charge in [-0.3, -0.25) is 4.99 Å². The molecule has 0 saturated carbocycles. The lowest BCUT2D eigenvalue weighted by Crippen LogP contribution is -2.50. The highest BCUT2D eigenvalue weighted by molar-refractivity contribution is 6.35. The van der Waals surface area contributed by atoms with E-state index in [-0.39, 0.29) is 5.54 Å². The van der Waals surface area contributed by atoms with Gasteiger partial charge in [-0.05, 0) is 45.6 Å². The predicted octanol–water partition coefficient (Wildman–Crippen LogP) is 3.00. The molecule has 118 valence electrons. The highest BCUT2D eigenvalue weighted by atomic mass is 35.5. The largest absolute Gasteiger partial charge is 0.355 e. The third-order valence-electron chi connectivity index (χ3n) is 3.58. The first-order valence-electron chi connectivity index (χ1n) is 6.82. The quantitative estimate of drug-likeness (QED) is 0.644. The van der Waals surface area contributed by atoms with Crippen LogP contribution in [0, 0.1) is 0 Å². The summed E-state index contributed by atoms with van der Waals surface area (Å²) >= 11 is 12.0. The van der Waals surface area contributed by atoms with Crippen LogP contribution in [0.4, 0.5) is 0 Å². The topological polar surface area (TPSA) is 39.7 Å². The third kappa shape index (κ3) is 5.73. The summed E-state index contributed by atoms with van der Waals surface area (Å²) in [6, 6.07) is 5.48. The number of hydrogen-bond acceptors (Lipinski definition) is 2. The van der Waals surface area contributed by atoms with Gasteiger partial charge in [-0.2, -0.15) is 0 Å². The van der Waals surface area contributed by atoms with Crippen molar-refractivity contribution in [1.29, 1.82) is 0 Å². The number of nitrogens with one attached hydrogen (secondary N) is 2. The lowest BCUT2D eigenvalue weighted by molar-refractivity contribution is 0.197. The molecule has 2 N–H and O–H groups in total. The molecule has 0 amide bonds. The standard InChI is InChI=1S/C15H24Cl2N4/c1-15(2,21(4)5)10-20-14(18-3)19-9-11-6-7-12(16)8-13(11)17/h6-8H,9-10H2,1-5H3,(H2,18,19,20). The molecule has 0 spiro atoms. The minimum Gasteiger partial charge on any atom is -0.355 e. The Morgan fingerprint density at radius 3 is 2.43 bits per heavy atom. The Balaban J connectivity index is 2.56. The highest BCUT2D eigenvalue weighted by Gasteiger charge is 2.20. The number of hydrogen-bond donors (Lipinski definition) is 2. The minimum atomic E-state index is 0.0372. The fourth-order valence-corrected chi connectivity index (χ4v) is 2.00. The maximum absolute atomic E-state index is 6.16. The van der Waals surface area contributed by atoms with Crippen LogP contribution in [0.25, 0.3) is 0 Å². The molecule has 0 saturated heterocycles. The molecule has 0 unspecified atom stereocenters. The number of nitrogens with zero attached hydrogens (tertiary/aromatic N) is 2. The summed E-state index contributed by atoms with van der Waals surface area (Å²) in [5.74, 6) is 0.746. The summed E-state index contributed by atoms with van der Waals surface area (Å²) in [6.45, 7) is 5.72. The molecule has 4 nitrogen and oxygen atoms in total. The van der Waals surface area contributed by atoms with Crippen LogP contribution in [-0.2, 0) is 6.54 Å².